The minimum absolute atomic E-state index is 0.126. The van der Waals surface area contributed by atoms with Gasteiger partial charge in [-0.3, -0.25) is 4.57 Å². The summed E-state index contributed by atoms with van der Waals surface area (Å²) in [7, 11) is 0. The SMILES string of the molecule is CC(C)n1c(SCC(N)C2CCCC2)n[nH]c1=O. The molecule has 3 N–H and O–H groups in total. The van der Waals surface area contributed by atoms with Gasteiger partial charge < -0.3 is 5.73 Å². The molecular formula is C12H22N4OS. The Bertz CT molecular complexity index is 434. The lowest BCUT2D eigenvalue weighted by molar-refractivity contribution is 0.462. The van der Waals surface area contributed by atoms with Crippen LogP contribution in [0.5, 0.6) is 0 Å². The summed E-state index contributed by atoms with van der Waals surface area (Å²) in [4.78, 5) is 11.6. The summed E-state index contributed by atoms with van der Waals surface area (Å²) in [6, 6.07) is 0.339. The smallest absolute Gasteiger partial charge is 0.327 e. The molecule has 0 amide bonds. The van der Waals surface area contributed by atoms with Crippen molar-refractivity contribution in [2.45, 2.75) is 56.8 Å². The first-order valence-corrected chi connectivity index (χ1v) is 7.63. The standard InChI is InChI=1S/C12H22N4OS/c1-8(2)16-11(17)14-15-12(16)18-7-10(13)9-5-3-4-6-9/h8-10H,3-7,13H2,1-2H3,(H,14,17). The van der Waals surface area contributed by atoms with E-state index in [9.17, 15) is 4.79 Å². The molecule has 1 heterocycles. The summed E-state index contributed by atoms with van der Waals surface area (Å²) in [5.41, 5.74) is 6.08. The van der Waals surface area contributed by atoms with E-state index in [2.05, 4.69) is 10.2 Å². The molecule has 6 heteroatoms. The van der Waals surface area contributed by atoms with Crippen molar-refractivity contribution in [1.29, 1.82) is 0 Å². The molecule has 18 heavy (non-hydrogen) atoms. The zero-order valence-corrected chi connectivity index (χ0v) is 11.9. The van der Waals surface area contributed by atoms with Gasteiger partial charge >= 0.3 is 5.69 Å². The molecule has 0 radical (unpaired) electrons. The molecule has 1 aliphatic rings. The van der Waals surface area contributed by atoms with E-state index in [0.29, 0.717) is 5.92 Å². The second kappa shape index (κ2) is 5.93. The molecule has 0 aromatic carbocycles. The minimum atomic E-state index is -0.137. The van der Waals surface area contributed by atoms with Gasteiger partial charge in [0.1, 0.15) is 0 Å². The predicted octanol–water partition coefficient (Wildman–Crippen LogP) is 1.76. The van der Waals surface area contributed by atoms with Gasteiger partial charge in [0.05, 0.1) is 0 Å². The van der Waals surface area contributed by atoms with Crippen molar-refractivity contribution in [1.82, 2.24) is 14.8 Å². The second-order valence-corrected chi connectivity index (χ2v) is 6.28. The van der Waals surface area contributed by atoms with Gasteiger partial charge in [0.2, 0.25) is 0 Å². The average Bonchev–Trinajstić information content (AvgIpc) is 2.94. The number of hydrogen-bond acceptors (Lipinski definition) is 4. The van der Waals surface area contributed by atoms with E-state index in [0.717, 1.165) is 10.9 Å². The van der Waals surface area contributed by atoms with Gasteiger partial charge in [-0.05, 0) is 32.6 Å². The fraction of sp³-hybridized carbons (Fsp3) is 0.833. The van der Waals surface area contributed by atoms with E-state index in [-0.39, 0.29) is 17.8 Å². The van der Waals surface area contributed by atoms with Gasteiger partial charge in [0, 0.05) is 17.8 Å². The lowest BCUT2D eigenvalue weighted by atomic mass is 10.0. The highest BCUT2D eigenvalue weighted by Gasteiger charge is 2.23. The number of aromatic amines is 1. The van der Waals surface area contributed by atoms with Crippen LogP contribution in [0.15, 0.2) is 9.95 Å². The Labute approximate surface area is 112 Å². The zero-order valence-electron chi connectivity index (χ0n) is 11.1. The molecule has 0 saturated heterocycles. The number of hydrogen-bond donors (Lipinski definition) is 2. The third-order valence-corrected chi connectivity index (χ3v) is 4.70. The van der Waals surface area contributed by atoms with Crippen LogP contribution in [0.4, 0.5) is 0 Å². The highest BCUT2D eigenvalue weighted by molar-refractivity contribution is 7.99. The van der Waals surface area contributed by atoms with Gasteiger partial charge in [-0.25, -0.2) is 9.89 Å². The molecule has 2 rings (SSSR count). The number of rotatable bonds is 5. The number of nitrogens with one attached hydrogen (secondary N) is 1. The minimum Gasteiger partial charge on any atom is -0.327 e. The van der Waals surface area contributed by atoms with E-state index >= 15 is 0 Å². The summed E-state index contributed by atoms with van der Waals surface area (Å²) in [6.07, 6.45) is 5.11. The van der Waals surface area contributed by atoms with Crippen molar-refractivity contribution in [2.75, 3.05) is 5.75 Å². The molecule has 1 saturated carbocycles. The van der Waals surface area contributed by atoms with Crippen molar-refractivity contribution in [2.24, 2.45) is 11.7 Å². The van der Waals surface area contributed by atoms with Crippen molar-refractivity contribution in [3.63, 3.8) is 0 Å². The first kappa shape index (κ1) is 13.7. The Hall–Kier alpha value is -0.750. The third kappa shape index (κ3) is 2.98. The quantitative estimate of drug-likeness (QED) is 0.799. The third-order valence-electron chi connectivity index (χ3n) is 3.60. The van der Waals surface area contributed by atoms with Crippen molar-refractivity contribution < 1.29 is 0 Å². The normalized spacial score (nSPS) is 18.7. The summed E-state index contributed by atoms with van der Waals surface area (Å²) >= 11 is 1.59. The molecule has 1 unspecified atom stereocenters. The van der Waals surface area contributed by atoms with Gasteiger partial charge in [-0.2, -0.15) is 0 Å². The van der Waals surface area contributed by atoms with E-state index in [4.69, 9.17) is 5.73 Å². The monoisotopic (exact) mass is 270 g/mol. The van der Waals surface area contributed by atoms with Gasteiger partial charge in [-0.15, -0.1) is 5.10 Å². The topological polar surface area (TPSA) is 76.7 Å². The summed E-state index contributed by atoms with van der Waals surface area (Å²) in [6.45, 7) is 3.97. The molecule has 1 aromatic heterocycles. The Morgan fingerprint density at radius 1 is 1.50 bits per heavy atom. The summed E-state index contributed by atoms with van der Waals surface area (Å²) in [5, 5.41) is 7.33. The van der Waals surface area contributed by atoms with E-state index in [1.165, 1.54) is 25.7 Å². The van der Waals surface area contributed by atoms with Crippen LogP contribution in [0.2, 0.25) is 0 Å². The first-order chi connectivity index (χ1) is 8.59. The van der Waals surface area contributed by atoms with Crippen LogP contribution in [-0.4, -0.2) is 26.6 Å². The molecule has 0 bridgehead atoms. The molecule has 1 aromatic rings. The fourth-order valence-corrected chi connectivity index (χ4v) is 3.70. The number of nitrogens with zero attached hydrogens (tertiary/aromatic N) is 2. The number of thioether (sulfide) groups is 1. The van der Waals surface area contributed by atoms with Gasteiger partial charge in [0.25, 0.3) is 0 Å². The molecule has 102 valence electrons. The average molecular weight is 270 g/mol. The Kier molecular flexibility index (Phi) is 4.50. The fourth-order valence-electron chi connectivity index (χ4n) is 2.54. The van der Waals surface area contributed by atoms with E-state index < -0.39 is 0 Å². The first-order valence-electron chi connectivity index (χ1n) is 6.65. The van der Waals surface area contributed by atoms with E-state index in [1.807, 2.05) is 13.8 Å². The van der Waals surface area contributed by atoms with Gasteiger partial charge in [0.15, 0.2) is 5.16 Å². The van der Waals surface area contributed by atoms with Crippen LogP contribution in [0, 0.1) is 5.92 Å². The van der Waals surface area contributed by atoms with Crippen LogP contribution < -0.4 is 11.4 Å². The highest BCUT2D eigenvalue weighted by atomic mass is 32.2. The van der Waals surface area contributed by atoms with Crippen LogP contribution in [0.25, 0.3) is 0 Å². The number of H-pyrrole nitrogens is 1. The van der Waals surface area contributed by atoms with Crippen LogP contribution >= 0.6 is 11.8 Å². The Morgan fingerprint density at radius 2 is 2.17 bits per heavy atom. The zero-order chi connectivity index (χ0) is 13.1. The maximum absolute atomic E-state index is 11.6. The maximum Gasteiger partial charge on any atom is 0.344 e. The molecular weight excluding hydrogens is 248 g/mol. The predicted molar refractivity (Wildman–Crippen MR) is 73.9 cm³/mol. The number of aromatic nitrogens is 3. The van der Waals surface area contributed by atoms with Crippen molar-refractivity contribution in [3.8, 4) is 0 Å². The second-order valence-electron chi connectivity index (χ2n) is 5.29. The lowest BCUT2D eigenvalue weighted by Crippen LogP contribution is -2.31. The summed E-state index contributed by atoms with van der Waals surface area (Å²) < 4.78 is 1.69. The van der Waals surface area contributed by atoms with Crippen LogP contribution in [0.3, 0.4) is 0 Å². The number of nitrogens with two attached hydrogens (primary N) is 1. The maximum atomic E-state index is 11.6. The van der Waals surface area contributed by atoms with E-state index in [1.54, 1.807) is 16.3 Å². The molecule has 5 nitrogen and oxygen atoms in total. The summed E-state index contributed by atoms with van der Waals surface area (Å²) in [5.74, 6) is 1.48. The molecule has 0 spiro atoms. The van der Waals surface area contributed by atoms with Crippen molar-refractivity contribution >= 4 is 11.8 Å². The molecule has 1 fully saturated rings. The molecule has 1 atom stereocenters. The van der Waals surface area contributed by atoms with Crippen LogP contribution in [-0.2, 0) is 0 Å². The highest BCUT2D eigenvalue weighted by Crippen LogP contribution is 2.29. The largest absolute Gasteiger partial charge is 0.344 e. The van der Waals surface area contributed by atoms with Crippen LogP contribution in [0.1, 0.15) is 45.6 Å². The molecule has 0 aliphatic heterocycles. The van der Waals surface area contributed by atoms with Gasteiger partial charge in [-0.1, -0.05) is 24.6 Å². The Balaban J connectivity index is 1.95. The molecule has 1 aliphatic carbocycles. The Morgan fingerprint density at radius 3 is 2.78 bits per heavy atom. The van der Waals surface area contributed by atoms with Crippen molar-refractivity contribution in [3.05, 3.63) is 10.5 Å². The lowest BCUT2D eigenvalue weighted by Gasteiger charge is -2.18.